The molecule has 2 heterocycles. The van der Waals surface area contributed by atoms with Crippen molar-refractivity contribution >= 4 is 31.8 Å². The molecule has 1 aliphatic heterocycles. The number of anilines is 1. The van der Waals surface area contributed by atoms with Gasteiger partial charge in [-0.15, -0.1) is 0 Å². The van der Waals surface area contributed by atoms with Crippen molar-refractivity contribution in [2.75, 3.05) is 32.4 Å². The summed E-state index contributed by atoms with van der Waals surface area (Å²) in [5, 5.41) is 0. The first-order valence-corrected chi connectivity index (χ1v) is 9.21. The van der Waals surface area contributed by atoms with Crippen molar-refractivity contribution < 1.29 is 8.42 Å². The summed E-state index contributed by atoms with van der Waals surface area (Å²) in [6.07, 6.45) is 3.08. The van der Waals surface area contributed by atoms with Crippen LogP contribution in [0, 0.1) is 0 Å². The third-order valence-corrected chi connectivity index (χ3v) is 6.17. The number of hydrogen-bond donors (Lipinski definition) is 1. The topological polar surface area (TPSA) is 79.5 Å². The third kappa shape index (κ3) is 3.56. The van der Waals surface area contributed by atoms with E-state index in [-0.39, 0.29) is 16.8 Å². The molecule has 1 unspecified atom stereocenters. The first-order valence-electron chi connectivity index (χ1n) is 6.97. The van der Waals surface area contributed by atoms with Crippen LogP contribution in [-0.4, -0.2) is 55.3 Å². The summed E-state index contributed by atoms with van der Waals surface area (Å²) in [6, 6.07) is 1.49. The Bertz CT molecular complexity index is 608. The van der Waals surface area contributed by atoms with Gasteiger partial charge in [-0.1, -0.05) is 6.92 Å². The number of halogens is 1. The second kappa shape index (κ2) is 6.60. The summed E-state index contributed by atoms with van der Waals surface area (Å²) in [6.45, 7) is 4.15. The lowest BCUT2D eigenvalue weighted by molar-refractivity contribution is 0.270. The fourth-order valence-corrected chi connectivity index (χ4v) is 4.94. The van der Waals surface area contributed by atoms with Crippen molar-refractivity contribution in [3.05, 3.63) is 16.7 Å². The van der Waals surface area contributed by atoms with Gasteiger partial charge in [0, 0.05) is 29.8 Å². The highest BCUT2D eigenvalue weighted by Gasteiger charge is 2.34. The summed E-state index contributed by atoms with van der Waals surface area (Å²) < 4.78 is 28.1. The number of aromatic nitrogens is 1. The lowest BCUT2D eigenvalue weighted by atomic mass is 10.2. The summed E-state index contributed by atoms with van der Waals surface area (Å²) in [4.78, 5) is 6.20. The standard InChI is InChI=1S/C13H21BrN4O2S/c1-3-11-9-17(2)5-4-6-18(11)21(19,20)12-7-10(14)8-16-13(12)15/h7-8,11H,3-6,9H2,1-2H3,(H2,15,16). The molecule has 0 radical (unpaired) electrons. The zero-order valence-electron chi connectivity index (χ0n) is 12.3. The number of pyridine rings is 1. The number of rotatable bonds is 3. The van der Waals surface area contributed by atoms with E-state index in [0.717, 1.165) is 25.9 Å². The van der Waals surface area contributed by atoms with Crippen molar-refractivity contribution in [1.82, 2.24) is 14.2 Å². The van der Waals surface area contributed by atoms with Gasteiger partial charge in [0.15, 0.2) is 0 Å². The van der Waals surface area contributed by atoms with Gasteiger partial charge in [-0.2, -0.15) is 4.31 Å². The summed E-state index contributed by atoms with van der Waals surface area (Å²) in [7, 11) is -1.61. The van der Waals surface area contributed by atoms with E-state index in [0.29, 0.717) is 11.0 Å². The van der Waals surface area contributed by atoms with Crippen molar-refractivity contribution in [3.63, 3.8) is 0 Å². The minimum absolute atomic E-state index is 0.0409. The van der Waals surface area contributed by atoms with Crippen LogP contribution in [0.3, 0.4) is 0 Å². The van der Waals surface area contributed by atoms with E-state index in [2.05, 4.69) is 25.8 Å². The van der Waals surface area contributed by atoms with Gasteiger partial charge in [0.2, 0.25) is 10.0 Å². The second-order valence-electron chi connectivity index (χ2n) is 5.33. The van der Waals surface area contributed by atoms with Crippen LogP contribution in [0.1, 0.15) is 19.8 Å². The summed E-state index contributed by atoms with van der Waals surface area (Å²) in [5.41, 5.74) is 5.79. The molecule has 0 aromatic carbocycles. The maximum Gasteiger partial charge on any atom is 0.247 e. The van der Waals surface area contributed by atoms with Crippen LogP contribution in [0.2, 0.25) is 0 Å². The Morgan fingerprint density at radius 3 is 2.86 bits per heavy atom. The van der Waals surface area contributed by atoms with E-state index < -0.39 is 10.0 Å². The van der Waals surface area contributed by atoms with Crippen LogP contribution >= 0.6 is 15.9 Å². The van der Waals surface area contributed by atoms with Gasteiger partial charge in [0.05, 0.1) is 0 Å². The van der Waals surface area contributed by atoms with E-state index in [1.165, 1.54) is 12.3 Å². The highest BCUT2D eigenvalue weighted by molar-refractivity contribution is 9.10. The van der Waals surface area contributed by atoms with Gasteiger partial charge in [-0.3, -0.25) is 0 Å². The van der Waals surface area contributed by atoms with Gasteiger partial charge in [0.1, 0.15) is 10.7 Å². The molecule has 8 heteroatoms. The molecule has 1 aromatic heterocycles. The summed E-state index contributed by atoms with van der Waals surface area (Å²) in [5.74, 6) is 0.0469. The van der Waals surface area contributed by atoms with Crippen LogP contribution < -0.4 is 5.73 Å². The SMILES string of the molecule is CCC1CN(C)CCCN1S(=O)(=O)c1cc(Br)cnc1N. The third-order valence-electron chi connectivity index (χ3n) is 3.75. The number of sulfonamides is 1. The predicted octanol–water partition coefficient (Wildman–Crippen LogP) is 1.53. The molecular weight excluding hydrogens is 356 g/mol. The molecule has 0 spiro atoms. The first-order chi connectivity index (χ1) is 9.86. The molecule has 118 valence electrons. The fourth-order valence-electron chi connectivity index (χ4n) is 2.63. The summed E-state index contributed by atoms with van der Waals surface area (Å²) >= 11 is 3.26. The lowest BCUT2D eigenvalue weighted by Gasteiger charge is -2.29. The number of likely N-dealkylation sites (N-methyl/N-ethyl adjacent to an activating group) is 1. The van der Waals surface area contributed by atoms with Crippen LogP contribution in [0.15, 0.2) is 21.6 Å². The maximum atomic E-state index is 13.0. The van der Waals surface area contributed by atoms with E-state index in [9.17, 15) is 8.42 Å². The Morgan fingerprint density at radius 1 is 1.48 bits per heavy atom. The van der Waals surface area contributed by atoms with Gasteiger partial charge in [0.25, 0.3) is 0 Å². The van der Waals surface area contributed by atoms with Crippen LogP contribution in [0.25, 0.3) is 0 Å². The van der Waals surface area contributed by atoms with Crippen molar-refractivity contribution in [3.8, 4) is 0 Å². The average molecular weight is 377 g/mol. The average Bonchev–Trinajstić information content (AvgIpc) is 2.63. The molecule has 1 fully saturated rings. The van der Waals surface area contributed by atoms with E-state index in [4.69, 9.17) is 5.73 Å². The largest absolute Gasteiger partial charge is 0.383 e. The number of nitrogens with zero attached hydrogens (tertiary/aromatic N) is 3. The molecule has 0 saturated carbocycles. The highest BCUT2D eigenvalue weighted by atomic mass is 79.9. The first kappa shape index (κ1) is 16.7. The molecule has 6 nitrogen and oxygen atoms in total. The zero-order valence-corrected chi connectivity index (χ0v) is 14.7. The van der Waals surface area contributed by atoms with Gasteiger partial charge < -0.3 is 10.6 Å². The Morgan fingerprint density at radius 2 is 2.19 bits per heavy atom. The molecule has 0 aliphatic carbocycles. The Hall–Kier alpha value is -0.700. The maximum absolute atomic E-state index is 13.0. The molecule has 2 N–H and O–H groups in total. The van der Waals surface area contributed by atoms with Crippen molar-refractivity contribution in [2.24, 2.45) is 0 Å². The lowest BCUT2D eigenvalue weighted by Crippen LogP contribution is -2.43. The van der Waals surface area contributed by atoms with Gasteiger partial charge in [-0.05, 0) is 48.4 Å². The van der Waals surface area contributed by atoms with E-state index >= 15 is 0 Å². The quantitative estimate of drug-likeness (QED) is 0.864. The number of hydrogen-bond acceptors (Lipinski definition) is 5. The smallest absolute Gasteiger partial charge is 0.247 e. The molecule has 0 bridgehead atoms. The molecular formula is C13H21BrN4O2S. The highest BCUT2D eigenvalue weighted by Crippen LogP contribution is 2.27. The van der Waals surface area contributed by atoms with Crippen LogP contribution in [-0.2, 0) is 10.0 Å². The second-order valence-corrected chi connectivity index (χ2v) is 8.11. The Balaban J connectivity index is 2.43. The van der Waals surface area contributed by atoms with Gasteiger partial charge >= 0.3 is 0 Å². The van der Waals surface area contributed by atoms with E-state index in [1.807, 2.05) is 14.0 Å². The number of nitrogens with two attached hydrogens (primary N) is 1. The zero-order chi connectivity index (χ0) is 15.6. The van der Waals surface area contributed by atoms with Crippen LogP contribution in [0.4, 0.5) is 5.82 Å². The minimum atomic E-state index is -3.63. The normalized spacial score (nSPS) is 22.1. The Labute approximate surface area is 134 Å². The number of nitrogen functional groups attached to an aromatic ring is 1. The molecule has 2 rings (SSSR count). The monoisotopic (exact) mass is 376 g/mol. The molecule has 21 heavy (non-hydrogen) atoms. The van der Waals surface area contributed by atoms with E-state index in [1.54, 1.807) is 4.31 Å². The predicted molar refractivity (Wildman–Crippen MR) is 86.4 cm³/mol. The Kier molecular flexibility index (Phi) is 5.24. The van der Waals surface area contributed by atoms with Crippen molar-refractivity contribution in [2.45, 2.75) is 30.7 Å². The molecule has 0 amide bonds. The fraction of sp³-hybridized carbons (Fsp3) is 0.615. The molecule has 1 saturated heterocycles. The van der Waals surface area contributed by atoms with Crippen molar-refractivity contribution in [1.29, 1.82) is 0 Å². The molecule has 1 atom stereocenters. The minimum Gasteiger partial charge on any atom is -0.383 e. The van der Waals surface area contributed by atoms with Crippen LogP contribution in [0.5, 0.6) is 0 Å². The molecule has 1 aliphatic rings. The van der Waals surface area contributed by atoms with Gasteiger partial charge in [-0.25, -0.2) is 13.4 Å². The molecule has 1 aromatic rings.